The molecule has 0 bridgehead atoms. The van der Waals surface area contributed by atoms with Crippen molar-refractivity contribution >= 4 is 17.2 Å². The van der Waals surface area contributed by atoms with Gasteiger partial charge in [0.05, 0.1) is 0 Å². The maximum Gasteiger partial charge on any atom is 0.148 e. The highest BCUT2D eigenvalue weighted by Gasteiger charge is 1.96. The molecule has 56 valence electrons. The maximum absolute atomic E-state index is 5.70. The van der Waals surface area contributed by atoms with Gasteiger partial charge in [0.25, 0.3) is 0 Å². The molecule has 11 heavy (non-hydrogen) atoms. The van der Waals surface area contributed by atoms with Crippen molar-refractivity contribution in [3.05, 3.63) is 35.2 Å². The van der Waals surface area contributed by atoms with Crippen LogP contribution in [0.25, 0.3) is 5.65 Å². The fourth-order valence-corrected chi connectivity index (χ4v) is 1.26. The van der Waals surface area contributed by atoms with Crippen LogP contribution >= 0.6 is 11.6 Å². The lowest BCUT2D eigenvalue weighted by Crippen LogP contribution is -1.82. The number of nitrogens with zero attached hydrogens (tertiary/aromatic N) is 2. The summed E-state index contributed by atoms with van der Waals surface area (Å²) in [5.74, 6) is 0. The van der Waals surface area contributed by atoms with Crippen LogP contribution in [0.3, 0.4) is 0 Å². The summed E-state index contributed by atoms with van der Waals surface area (Å²) in [6.07, 6.45) is 3.79. The molecule has 0 aromatic carbocycles. The monoisotopic (exact) mass is 166 g/mol. The molecule has 2 nitrogen and oxygen atoms in total. The largest absolute Gasteiger partial charge is 0.305 e. The molecule has 0 aliphatic heterocycles. The van der Waals surface area contributed by atoms with E-state index in [1.54, 1.807) is 6.20 Å². The van der Waals surface area contributed by atoms with Crippen molar-refractivity contribution in [2.45, 2.75) is 6.92 Å². The summed E-state index contributed by atoms with van der Waals surface area (Å²) < 4.78 is 1.91. The number of aryl methyl sites for hydroxylation is 1. The first-order chi connectivity index (χ1) is 5.25. The lowest BCUT2D eigenvalue weighted by Gasteiger charge is -1.92. The standard InChI is InChI=1S/C8H7ClN2/c1-6-2-3-8-10-7(9)5-11(8)4-6/h2-5H,1H3. The second-order valence-corrected chi connectivity index (χ2v) is 2.92. The molecule has 0 aliphatic carbocycles. The minimum Gasteiger partial charge on any atom is -0.305 e. The molecule has 0 fully saturated rings. The van der Waals surface area contributed by atoms with E-state index in [0.29, 0.717) is 5.15 Å². The molecule has 0 amide bonds. The van der Waals surface area contributed by atoms with Gasteiger partial charge in [0.1, 0.15) is 10.8 Å². The van der Waals surface area contributed by atoms with Gasteiger partial charge in [0.15, 0.2) is 0 Å². The number of halogens is 1. The summed E-state index contributed by atoms with van der Waals surface area (Å²) in [7, 11) is 0. The van der Waals surface area contributed by atoms with Crippen LogP contribution in [0.5, 0.6) is 0 Å². The molecular formula is C8H7ClN2. The summed E-state index contributed by atoms with van der Waals surface area (Å²) in [4.78, 5) is 4.08. The Labute approximate surface area is 69.4 Å². The summed E-state index contributed by atoms with van der Waals surface area (Å²) in [5, 5.41) is 0.538. The van der Waals surface area contributed by atoms with Gasteiger partial charge in [0, 0.05) is 12.4 Å². The molecule has 0 radical (unpaired) electrons. The topological polar surface area (TPSA) is 17.3 Å². The summed E-state index contributed by atoms with van der Waals surface area (Å²) in [6, 6.07) is 3.96. The van der Waals surface area contributed by atoms with Crippen molar-refractivity contribution in [1.82, 2.24) is 9.38 Å². The summed E-state index contributed by atoms with van der Waals surface area (Å²) in [6.45, 7) is 2.04. The highest BCUT2D eigenvalue weighted by molar-refractivity contribution is 6.29. The minimum atomic E-state index is 0.538. The molecule has 0 saturated heterocycles. The average Bonchev–Trinajstić information content (AvgIpc) is 2.27. The van der Waals surface area contributed by atoms with Gasteiger partial charge in [-0.2, -0.15) is 0 Å². The molecule has 3 heteroatoms. The van der Waals surface area contributed by atoms with E-state index in [-0.39, 0.29) is 0 Å². The van der Waals surface area contributed by atoms with Crippen molar-refractivity contribution in [1.29, 1.82) is 0 Å². The van der Waals surface area contributed by atoms with Crippen LogP contribution in [0.2, 0.25) is 5.15 Å². The number of hydrogen-bond donors (Lipinski definition) is 0. The molecular weight excluding hydrogens is 160 g/mol. The Bertz CT molecular complexity index is 392. The number of pyridine rings is 1. The maximum atomic E-state index is 5.70. The Morgan fingerprint density at radius 3 is 3.00 bits per heavy atom. The van der Waals surface area contributed by atoms with Crippen molar-refractivity contribution in [3.63, 3.8) is 0 Å². The first kappa shape index (κ1) is 6.68. The zero-order chi connectivity index (χ0) is 7.84. The molecule has 0 aliphatic rings. The van der Waals surface area contributed by atoms with Gasteiger partial charge < -0.3 is 4.40 Å². The van der Waals surface area contributed by atoms with Crippen LogP contribution in [0.15, 0.2) is 24.5 Å². The first-order valence-electron chi connectivity index (χ1n) is 3.36. The van der Waals surface area contributed by atoms with Crippen LogP contribution in [0.4, 0.5) is 0 Å². The van der Waals surface area contributed by atoms with Gasteiger partial charge >= 0.3 is 0 Å². The quantitative estimate of drug-likeness (QED) is 0.587. The number of imidazole rings is 1. The molecule has 0 saturated carbocycles. The van der Waals surface area contributed by atoms with E-state index in [4.69, 9.17) is 11.6 Å². The number of aromatic nitrogens is 2. The molecule has 0 atom stereocenters. The van der Waals surface area contributed by atoms with E-state index >= 15 is 0 Å². The molecule has 2 heterocycles. The van der Waals surface area contributed by atoms with Gasteiger partial charge in [-0.15, -0.1) is 0 Å². The molecule has 2 aromatic rings. The highest BCUT2D eigenvalue weighted by atomic mass is 35.5. The van der Waals surface area contributed by atoms with Crippen LogP contribution in [-0.4, -0.2) is 9.38 Å². The molecule has 0 spiro atoms. The Hall–Kier alpha value is -1.02. The van der Waals surface area contributed by atoms with E-state index < -0.39 is 0 Å². The first-order valence-corrected chi connectivity index (χ1v) is 3.74. The predicted molar refractivity (Wildman–Crippen MR) is 44.9 cm³/mol. The zero-order valence-electron chi connectivity index (χ0n) is 6.08. The SMILES string of the molecule is Cc1ccc2nc(Cl)cn2c1. The molecule has 2 aromatic heterocycles. The Balaban J connectivity index is 2.82. The predicted octanol–water partition coefficient (Wildman–Crippen LogP) is 2.30. The van der Waals surface area contributed by atoms with E-state index in [0.717, 1.165) is 5.65 Å². The van der Waals surface area contributed by atoms with Gasteiger partial charge in [-0.3, -0.25) is 0 Å². The third kappa shape index (κ3) is 1.10. The fraction of sp³-hybridized carbons (Fsp3) is 0.125. The van der Waals surface area contributed by atoms with Crippen LogP contribution in [-0.2, 0) is 0 Å². The Morgan fingerprint density at radius 1 is 1.36 bits per heavy atom. The van der Waals surface area contributed by atoms with Crippen molar-refractivity contribution in [2.75, 3.05) is 0 Å². The minimum absolute atomic E-state index is 0.538. The van der Waals surface area contributed by atoms with Crippen LogP contribution in [0.1, 0.15) is 5.56 Å². The molecule has 0 unspecified atom stereocenters. The summed E-state index contributed by atoms with van der Waals surface area (Å²) in [5.41, 5.74) is 2.09. The molecule has 0 N–H and O–H groups in total. The van der Waals surface area contributed by atoms with Gasteiger partial charge in [-0.05, 0) is 18.6 Å². The van der Waals surface area contributed by atoms with Crippen LogP contribution in [0, 0.1) is 6.92 Å². The van der Waals surface area contributed by atoms with E-state index in [9.17, 15) is 0 Å². The Kier molecular flexibility index (Phi) is 1.36. The fourth-order valence-electron chi connectivity index (χ4n) is 1.07. The lowest BCUT2D eigenvalue weighted by atomic mass is 10.3. The second-order valence-electron chi connectivity index (χ2n) is 2.54. The zero-order valence-corrected chi connectivity index (χ0v) is 6.84. The van der Waals surface area contributed by atoms with Gasteiger partial charge in [-0.1, -0.05) is 17.7 Å². The van der Waals surface area contributed by atoms with E-state index in [2.05, 4.69) is 4.98 Å². The number of rotatable bonds is 0. The number of fused-ring (bicyclic) bond motifs is 1. The van der Waals surface area contributed by atoms with Gasteiger partial charge in [0.2, 0.25) is 0 Å². The van der Waals surface area contributed by atoms with Crippen molar-refractivity contribution in [3.8, 4) is 0 Å². The third-order valence-corrected chi connectivity index (χ3v) is 1.75. The second kappa shape index (κ2) is 2.24. The van der Waals surface area contributed by atoms with Crippen molar-refractivity contribution < 1.29 is 0 Å². The van der Waals surface area contributed by atoms with Gasteiger partial charge in [-0.25, -0.2) is 4.98 Å². The molecule has 2 rings (SSSR count). The summed E-state index contributed by atoms with van der Waals surface area (Å²) >= 11 is 5.70. The van der Waals surface area contributed by atoms with E-state index in [1.807, 2.05) is 29.7 Å². The lowest BCUT2D eigenvalue weighted by molar-refractivity contribution is 1.16. The van der Waals surface area contributed by atoms with E-state index in [1.165, 1.54) is 5.56 Å². The smallest absolute Gasteiger partial charge is 0.148 e. The normalized spacial score (nSPS) is 10.7. The Morgan fingerprint density at radius 2 is 2.18 bits per heavy atom. The van der Waals surface area contributed by atoms with Crippen molar-refractivity contribution in [2.24, 2.45) is 0 Å². The number of hydrogen-bond acceptors (Lipinski definition) is 1. The third-order valence-electron chi connectivity index (χ3n) is 1.57. The highest BCUT2D eigenvalue weighted by Crippen LogP contribution is 2.10. The van der Waals surface area contributed by atoms with Crippen LogP contribution < -0.4 is 0 Å². The average molecular weight is 167 g/mol.